The van der Waals surface area contributed by atoms with E-state index in [0.717, 1.165) is 5.56 Å². The number of nitrogen functional groups attached to an aromatic ring is 1. The predicted octanol–water partition coefficient (Wildman–Crippen LogP) is 4.69. The number of aliphatic hydroxyl groups excluding tert-OH is 1. The molecule has 0 aliphatic rings. The third-order valence-electron chi connectivity index (χ3n) is 6.03. The summed E-state index contributed by atoms with van der Waals surface area (Å²) in [5.74, 6) is -0.513. The Bertz CT molecular complexity index is 1510. The Morgan fingerprint density at radius 2 is 1.67 bits per heavy atom. The normalized spacial score (nSPS) is 11.1. The zero-order valence-electron chi connectivity index (χ0n) is 22.1. The fraction of sp³-hybridized carbons (Fsp3) is 0.207. The molecule has 200 valence electrons. The number of hydrogen-bond donors (Lipinski definition) is 4. The van der Waals surface area contributed by atoms with Gasteiger partial charge < -0.3 is 26.2 Å². The van der Waals surface area contributed by atoms with Crippen LogP contribution < -0.4 is 16.4 Å². The standard InChI is InChI=1S/C29H30N6O4/c1-29(2,3)19-13-11-17(12-14-19)25(37)32-23-10-6-9-21(22(23)16-36)24-33-27(30)35-28(34-24)31-20-8-5-7-18(15-20)26(38)39-4/h5-15,36H,16H2,1-4H3,(H,32,37)(H3,30,31,33,34,35). The highest BCUT2D eigenvalue weighted by Crippen LogP contribution is 2.29. The van der Waals surface area contributed by atoms with Gasteiger partial charge in [0.15, 0.2) is 5.82 Å². The van der Waals surface area contributed by atoms with Gasteiger partial charge in [-0.05, 0) is 47.4 Å². The molecule has 1 heterocycles. The van der Waals surface area contributed by atoms with E-state index >= 15 is 0 Å². The highest BCUT2D eigenvalue weighted by Gasteiger charge is 2.18. The minimum absolute atomic E-state index is 0.0301. The molecule has 0 fully saturated rings. The first-order valence-corrected chi connectivity index (χ1v) is 12.2. The first-order valence-electron chi connectivity index (χ1n) is 12.2. The molecule has 0 aliphatic heterocycles. The molecule has 10 nitrogen and oxygen atoms in total. The van der Waals surface area contributed by atoms with Crippen molar-refractivity contribution in [3.05, 3.63) is 89.0 Å². The predicted molar refractivity (Wildman–Crippen MR) is 150 cm³/mol. The van der Waals surface area contributed by atoms with Gasteiger partial charge in [0.25, 0.3) is 5.91 Å². The summed E-state index contributed by atoms with van der Waals surface area (Å²) in [5, 5.41) is 16.1. The Kier molecular flexibility index (Phi) is 7.87. The average Bonchev–Trinajstić information content (AvgIpc) is 2.91. The fourth-order valence-corrected chi connectivity index (χ4v) is 3.94. The van der Waals surface area contributed by atoms with Crippen molar-refractivity contribution in [3.63, 3.8) is 0 Å². The average molecular weight is 527 g/mol. The van der Waals surface area contributed by atoms with Crippen LogP contribution in [0.15, 0.2) is 66.7 Å². The molecule has 4 rings (SSSR count). The lowest BCUT2D eigenvalue weighted by Gasteiger charge is -2.19. The summed E-state index contributed by atoms with van der Waals surface area (Å²) in [6.07, 6.45) is 0. The number of anilines is 4. The lowest BCUT2D eigenvalue weighted by molar-refractivity contribution is 0.0600. The second kappa shape index (κ2) is 11.3. The van der Waals surface area contributed by atoms with E-state index in [4.69, 9.17) is 10.5 Å². The molecule has 5 N–H and O–H groups in total. The van der Waals surface area contributed by atoms with Crippen molar-refractivity contribution < 1.29 is 19.4 Å². The zero-order chi connectivity index (χ0) is 28.2. The SMILES string of the molecule is COC(=O)c1cccc(Nc2nc(N)nc(-c3cccc(NC(=O)c4ccc(C(C)(C)C)cc4)c3CO)n2)c1. The number of aliphatic hydroxyl groups is 1. The summed E-state index contributed by atoms with van der Waals surface area (Å²) >= 11 is 0. The van der Waals surface area contributed by atoms with Gasteiger partial charge in [0.05, 0.1) is 19.3 Å². The number of methoxy groups -OCH3 is 1. The molecule has 4 aromatic rings. The Morgan fingerprint density at radius 1 is 0.949 bits per heavy atom. The number of carbonyl (C=O) groups excluding carboxylic acids is 2. The molecule has 0 aliphatic carbocycles. The van der Waals surface area contributed by atoms with Crippen molar-refractivity contribution in [3.8, 4) is 11.4 Å². The van der Waals surface area contributed by atoms with Gasteiger partial charge in [-0.3, -0.25) is 4.79 Å². The molecule has 1 amide bonds. The van der Waals surface area contributed by atoms with Crippen LogP contribution in [0.3, 0.4) is 0 Å². The van der Waals surface area contributed by atoms with Crippen molar-refractivity contribution in [2.75, 3.05) is 23.5 Å². The maximum Gasteiger partial charge on any atom is 0.337 e. The van der Waals surface area contributed by atoms with Crippen LogP contribution in [-0.2, 0) is 16.8 Å². The van der Waals surface area contributed by atoms with E-state index in [1.807, 2.05) is 12.1 Å². The Hall–Kier alpha value is -4.83. The van der Waals surface area contributed by atoms with Crippen LogP contribution in [-0.4, -0.2) is 39.0 Å². The molecule has 0 saturated carbocycles. The number of hydrogen-bond acceptors (Lipinski definition) is 9. The summed E-state index contributed by atoms with van der Waals surface area (Å²) in [6.45, 7) is 5.93. The monoisotopic (exact) mass is 526 g/mol. The number of amides is 1. The lowest BCUT2D eigenvalue weighted by atomic mass is 9.86. The lowest BCUT2D eigenvalue weighted by Crippen LogP contribution is -2.15. The molecule has 0 atom stereocenters. The van der Waals surface area contributed by atoms with E-state index < -0.39 is 5.97 Å². The number of aromatic nitrogens is 3. The van der Waals surface area contributed by atoms with E-state index in [-0.39, 0.29) is 35.7 Å². The van der Waals surface area contributed by atoms with Gasteiger partial charge in [-0.15, -0.1) is 0 Å². The molecule has 0 saturated heterocycles. The molecule has 39 heavy (non-hydrogen) atoms. The number of ether oxygens (including phenoxy) is 1. The maximum absolute atomic E-state index is 13.0. The Balaban J connectivity index is 1.62. The number of benzene rings is 3. The molecule has 0 unspecified atom stereocenters. The Labute approximate surface area is 226 Å². The van der Waals surface area contributed by atoms with Gasteiger partial charge >= 0.3 is 5.97 Å². The summed E-state index contributed by atoms with van der Waals surface area (Å²) in [6, 6.07) is 19.2. The molecule has 0 spiro atoms. The smallest absolute Gasteiger partial charge is 0.337 e. The van der Waals surface area contributed by atoms with Gasteiger partial charge in [0.2, 0.25) is 11.9 Å². The van der Waals surface area contributed by atoms with Crippen molar-refractivity contribution in [1.82, 2.24) is 15.0 Å². The number of esters is 1. The third kappa shape index (κ3) is 6.36. The second-order valence-corrected chi connectivity index (χ2v) is 9.81. The van der Waals surface area contributed by atoms with Gasteiger partial charge in [-0.2, -0.15) is 15.0 Å². The van der Waals surface area contributed by atoms with E-state index in [0.29, 0.717) is 33.6 Å². The van der Waals surface area contributed by atoms with Crippen molar-refractivity contribution in [2.24, 2.45) is 0 Å². The summed E-state index contributed by atoms with van der Waals surface area (Å²) in [5.41, 5.74) is 9.74. The molecule has 1 aromatic heterocycles. The van der Waals surface area contributed by atoms with Gasteiger partial charge in [0, 0.05) is 28.1 Å². The highest BCUT2D eigenvalue weighted by atomic mass is 16.5. The molecule has 3 aromatic carbocycles. The number of carbonyl (C=O) groups is 2. The number of nitrogens with zero attached hydrogens (tertiary/aromatic N) is 3. The largest absolute Gasteiger partial charge is 0.465 e. The zero-order valence-corrected chi connectivity index (χ0v) is 22.1. The molecule has 10 heteroatoms. The van der Waals surface area contributed by atoms with Crippen LogP contribution in [0.4, 0.5) is 23.3 Å². The van der Waals surface area contributed by atoms with Crippen molar-refractivity contribution >= 4 is 35.1 Å². The first-order chi connectivity index (χ1) is 18.6. The number of nitrogens with one attached hydrogen (secondary N) is 2. The van der Waals surface area contributed by atoms with Crippen LogP contribution in [0.1, 0.15) is 52.6 Å². The highest BCUT2D eigenvalue weighted by molar-refractivity contribution is 6.05. The summed E-state index contributed by atoms with van der Waals surface area (Å²) in [4.78, 5) is 37.7. The van der Waals surface area contributed by atoms with E-state index in [1.54, 1.807) is 54.6 Å². The van der Waals surface area contributed by atoms with Gasteiger partial charge in [0.1, 0.15) is 0 Å². The number of nitrogens with two attached hydrogens (primary N) is 1. The molecule has 0 radical (unpaired) electrons. The Morgan fingerprint density at radius 3 is 2.33 bits per heavy atom. The molecule has 0 bridgehead atoms. The number of rotatable bonds is 7. The van der Waals surface area contributed by atoms with Crippen LogP contribution in [0.2, 0.25) is 0 Å². The minimum atomic E-state index is -0.480. The molecular weight excluding hydrogens is 496 g/mol. The second-order valence-electron chi connectivity index (χ2n) is 9.81. The van der Waals surface area contributed by atoms with Gasteiger partial charge in [-0.25, -0.2) is 4.79 Å². The van der Waals surface area contributed by atoms with E-state index in [1.165, 1.54) is 7.11 Å². The topological polar surface area (TPSA) is 152 Å². The van der Waals surface area contributed by atoms with Crippen molar-refractivity contribution in [1.29, 1.82) is 0 Å². The maximum atomic E-state index is 13.0. The van der Waals surface area contributed by atoms with Crippen LogP contribution in [0.5, 0.6) is 0 Å². The minimum Gasteiger partial charge on any atom is -0.465 e. The first kappa shape index (κ1) is 27.2. The summed E-state index contributed by atoms with van der Waals surface area (Å²) < 4.78 is 4.77. The van der Waals surface area contributed by atoms with Crippen molar-refractivity contribution in [2.45, 2.75) is 32.8 Å². The van der Waals surface area contributed by atoms with Crippen LogP contribution >= 0.6 is 0 Å². The summed E-state index contributed by atoms with van der Waals surface area (Å²) in [7, 11) is 1.30. The van der Waals surface area contributed by atoms with E-state index in [2.05, 4.69) is 46.4 Å². The van der Waals surface area contributed by atoms with Crippen LogP contribution in [0, 0.1) is 0 Å². The van der Waals surface area contributed by atoms with Gasteiger partial charge in [-0.1, -0.05) is 51.1 Å². The van der Waals surface area contributed by atoms with E-state index in [9.17, 15) is 14.7 Å². The fourth-order valence-electron chi connectivity index (χ4n) is 3.94. The molecular formula is C29H30N6O4. The third-order valence-corrected chi connectivity index (χ3v) is 6.03. The quantitative estimate of drug-likeness (QED) is 0.251. The van der Waals surface area contributed by atoms with Crippen LogP contribution in [0.25, 0.3) is 11.4 Å².